The number of hydrogen-bond donors (Lipinski definition) is 0. The second kappa shape index (κ2) is 7.17. The van der Waals surface area contributed by atoms with Gasteiger partial charge in [0, 0.05) is 18.3 Å². The predicted octanol–water partition coefficient (Wildman–Crippen LogP) is 2.29. The first-order valence-corrected chi connectivity index (χ1v) is 7.17. The number of carbonyl (C=O) groups is 1. The molecule has 0 spiro atoms. The molecule has 0 atom stereocenters. The van der Waals surface area contributed by atoms with E-state index in [4.69, 9.17) is 4.74 Å². The summed E-state index contributed by atoms with van der Waals surface area (Å²) in [5.41, 5.74) is 1.83. The van der Waals surface area contributed by atoms with Crippen LogP contribution in [0.3, 0.4) is 0 Å². The van der Waals surface area contributed by atoms with E-state index in [0.29, 0.717) is 24.4 Å². The van der Waals surface area contributed by atoms with Crippen LogP contribution >= 0.6 is 0 Å². The lowest BCUT2D eigenvalue weighted by molar-refractivity contribution is 0.0517. The summed E-state index contributed by atoms with van der Waals surface area (Å²) in [5.74, 6) is -0.744. The van der Waals surface area contributed by atoms with Gasteiger partial charge < -0.3 is 9.64 Å². The highest BCUT2D eigenvalue weighted by atomic mass is 19.1. The van der Waals surface area contributed by atoms with Crippen molar-refractivity contribution in [1.29, 1.82) is 0 Å². The van der Waals surface area contributed by atoms with Gasteiger partial charge in [-0.2, -0.15) is 5.10 Å². The Morgan fingerprint density at radius 3 is 2.59 bits per heavy atom. The van der Waals surface area contributed by atoms with Gasteiger partial charge in [-0.25, -0.2) is 13.9 Å². The lowest BCUT2D eigenvalue weighted by Crippen LogP contribution is -2.16. The molecule has 0 fully saturated rings. The summed E-state index contributed by atoms with van der Waals surface area (Å²) in [6.45, 7) is 2.85. The maximum atomic E-state index is 13.0. The van der Waals surface area contributed by atoms with Crippen LogP contribution in [0.15, 0.2) is 30.5 Å². The van der Waals surface area contributed by atoms with Crippen LogP contribution in [0.25, 0.3) is 5.69 Å². The normalized spacial score (nSPS) is 11.0. The molecule has 5 nitrogen and oxygen atoms in total. The highest BCUT2D eigenvalue weighted by Gasteiger charge is 2.18. The summed E-state index contributed by atoms with van der Waals surface area (Å²) < 4.78 is 19.7. The molecule has 0 N–H and O–H groups in total. The smallest absolute Gasteiger partial charge is 0.359 e. The average molecular weight is 305 g/mol. The quantitative estimate of drug-likeness (QED) is 0.768. The number of carbonyl (C=O) groups excluding carboxylic acids is 1. The summed E-state index contributed by atoms with van der Waals surface area (Å²) in [6.07, 6.45) is 2.48. The van der Waals surface area contributed by atoms with Crippen LogP contribution in [-0.2, 0) is 11.2 Å². The minimum absolute atomic E-state index is 0.301. The van der Waals surface area contributed by atoms with Crippen LogP contribution in [0.2, 0.25) is 0 Å². The maximum Gasteiger partial charge on any atom is 0.359 e. The molecule has 0 aliphatic rings. The van der Waals surface area contributed by atoms with Crippen LogP contribution in [0.5, 0.6) is 0 Å². The van der Waals surface area contributed by atoms with Gasteiger partial charge in [-0.15, -0.1) is 0 Å². The van der Waals surface area contributed by atoms with Crippen LogP contribution < -0.4 is 0 Å². The first-order valence-electron chi connectivity index (χ1n) is 7.17. The second-order valence-corrected chi connectivity index (χ2v) is 5.20. The number of esters is 1. The van der Waals surface area contributed by atoms with Gasteiger partial charge in [-0.05, 0) is 51.7 Å². The van der Waals surface area contributed by atoms with Crippen molar-refractivity contribution in [1.82, 2.24) is 14.7 Å². The Bertz CT molecular complexity index is 635. The molecule has 0 bridgehead atoms. The summed E-state index contributed by atoms with van der Waals surface area (Å²) in [7, 11) is 3.93. The Kier molecular flexibility index (Phi) is 5.27. The van der Waals surface area contributed by atoms with Crippen LogP contribution in [0.4, 0.5) is 4.39 Å². The van der Waals surface area contributed by atoms with Gasteiger partial charge in [0.1, 0.15) is 5.82 Å². The number of aromatic nitrogens is 2. The number of hydrogen-bond acceptors (Lipinski definition) is 4. The van der Waals surface area contributed by atoms with Gasteiger partial charge in [0.25, 0.3) is 0 Å². The van der Waals surface area contributed by atoms with Gasteiger partial charge in [0.15, 0.2) is 5.69 Å². The SMILES string of the molecule is CCOC(=O)c1nn(-c2ccc(F)cc2)cc1CCN(C)C. The number of halogens is 1. The zero-order chi connectivity index (χ0) is 16.1. The number of ether oxygens (including phenoxy) is 1. The Balaban J connectivity index is 2.33. The molecular weight excluding hydrogens is 285 g/mol. The van der Waals surface area contributed by atoms with E-state index in [0.717, 1.165) is 12.1 Å². The standard InChI is InChI=1S/C16H20FN3O2/c1-4-22-16(21)15-12(9-10-19(2)3)11-20(18-15)14-7-5-13(17)6-8-14/h5-8,11H,4,9-10H2,1-3H3. The monoisotopic (exact) mass is 305 g/mol. The average Bonchev–Trinajstić information content (AvgIpc) is 2.90. The number of rotatable bonds is 6. The van der Waals surface area contributed by atoms with Crippen LogP contribution in [0, 0.1) is 5.82 Å². The fourth-order valence-corrected chi connectivity index (χ4v) is 2.03. The summed E-state index contributed by atoms with van der Waals surface area (Å²) in [5, 5.41) is 4.31. The molecule has 6 heteroatoms. The Hall–Kier alpha value is -2.21. The highest BCUT2D eigenvalue weighted by molar-refractivity contribution is 5.88. The van der Waals surface area contributed by atoms with Crippen molar-refractivity contribution in [3.63, 3.8) is 0 Å². The summed E-state index contributed by atoms with van der Waals surface area (Å²) >= 11 is 0. The first kappa shape index (κ1) is 16.2. The molecule has 2 aromatic rings. The molecule has 0 saturated carbocycles. The Morgan fingerprint density at radius 1 is 1.32 bits per heavy atom. The van der Waals surface area contributed by atoms with E-state index in [1.165, 1.54) is 12.1 Å². The molecule has 22 heavy (non-hydrogen) atoms. The maximum absolute atomic E-state index is 13.0. The lowest BCUT2D eigenvalue weighted by Gasteiger charge is -2.08. The van der Waals surface area contributed by atoms with Gasteiger partial charge >= 0.3 is 5.97 Å². The fourth-order valence-electron chi connectivity index (χ4n) is 2.03. The van der Waals surface area contributed by atoms with Crippen molar-refractivity contribution in [2.75, 3.05) is 27.2 Å². The fraction of sp³-hybridized carbons (Fsp3) is 0.375. The molecular formula is C16H20FN3O2. The van der Waals surface area contributed by atoms with E-state index in [1.54, 1.807) is 29.9 Å². The molecule has 1 heterocycles. The topological polar surface area (TPSA) is 47.4 Å². The zero-order valence-corrected chi connectivity index (χ0v) is 13.0. The van der Waals surface area contributed by atoms with E-state index in [9.17, 15) is 9.18 Å². The van der Waals surface area contributed by atoms with Gasteiger partial charge in [-0.1, -0.05) is 0 Å². The third kappa shape index (κ3) is 3.92. The minimum Gasteiger partial charge on any atom is -0.461 e. The summed E-state index contributed by atoms with van der Waals surface area (Å²) in [6, 6.07) is 5.96. The first-order chi connectivity index (χ1) is 10.5. The van der Waals surface area contributed by atoms with E-state index >= 15 is 0 Å². The molecule has 0 radical (unpaired) electrons. The Labute approximate surface area is 129 Å². The molecule has 1 aromatic heterocycles. The third-order valence-electron chi connectivity index (χ3n) is 3.18. The van der Waals surface area contributed by atoms with Crippen LogP contribution in [-0.4, -0.2) is 47.9 Å². The van der Waals surface area contributed by atoms with Crippen molar-refractivity contribution < 1.29 is 13.9 Å². The second-order valence-electron chi connectivity index (χ2n) is 5.20. The third-order valence-corrected chi connectivity index (χ3v) is 3.18. The molecule has 2 rings (SSSR count). The number of likely N-dealkylation sites (N-methyl/N-ethyl adjacent to an activating group) is 1. The van der Waals surface area contributed by atoms with Crippen molar-refractivity contribution in [3.8, 4) is 5.69 Å². The van der Waals surface area contributed by atoms with E-state index in [-0.39, 0.29) is 5.82 Å². The predicted molar refractivity (Wildman–Crippen MR) is 81.7 cm³/mol. The number of benzene rings is 1. The van der Waals surface area contributed by atoms with E-state index < -0.39 is 5.97 Å². The van der Waals surface area contributed by atoms with E-state index in [2.05, 4.69) is 5.10 Å². The van der Waals surface area contributed by atoms with Gasteiger partial charge in [-0.3, -0.25) is 0 Å². The van der Waals surface area contributed by atoms with Gasteiger partial charge in [0.2, 0.25) is 0 Å². The highest BCUT2D eigenvalue weighted by Crippen LogP contribution is 2.15. The minimum atomic E-state index is -0.433. The molecule has 0 aliphatic carbocycles. The largest absolute Gasteiger partial charge is 0.461 e. The lowest BCUT2D eigenvalue weighted by atomic mass is 10.2. The molecule has 0 aliphatic heterocycles. The van der Waals surface area contributed by atoms with Crippen molar-refractivity contribution in [2.45, 2.75) is 13.3 Å². The molecule has 0 saturated heterocycles. The van der Waals surface area contributed by atoms with E-state index in [1.807, 2.05) is 19.0 Å². The molecule has 0 unspecified atom stereocenters. The molecule has 0 amide bonds. The summed E-state index contributed by atoms with van der Waals surface area (Å²) in [4.78, 5) is 14.1. The Morgan fingerprint density at radius 2 is 2.00 bits per heavy atom. The zero-order valence-electron chi connectivity index (χ0n) is 13.0. The van der Waals surface area contributed by atoms with Crippen LogP contribution in [0.1, 0.15) is 23.0 Å². The van der Waals surface area contributed by atoms with Crippen molar-refractivity contribution in [3.05, 3.63) is 47.5 Å². The molecule has 118 valence electrons. The van der Waals surface area contributed by atoms with Crippen molar-refractivity contribution >= 4 is 5.97 Å². The van der Waals surface area contributed by atoms with Gasteiger partial charge in [0.05, 0.1) is 12.3 Å². The number of nitrogens with zero attached hydrogens (tertiary/aromatic N) is 3. The van der Waals surface area contributed by atoms with Crippen molar-refractivity contribution in [2.24, 2.45) is 0 Å². The molecule has 1 aromatic carbocycles.